The molecule has 0 aromatic heterocycles. The molecule has 94 valence electrons. The molecule has 1 rings (SSSR count). The Morgan fingerprint density at radius 3 is 2.56 bits per heavy atom. The molecule has 0 radical (unpaired) electrons. The zero-order chi connectivity index (χ0) is 12.1. The Hall–Kier alpha value is -0.610. The molecule has 0 aromatic carbocycles. The van der Waals surface area contributed by atoms with Gasteiger partial charge in [-0.25, -0.2) is 5.84 Å². The third-order valence-corrected chi connectivity index (χ3v) is 3.59. The maximum absolute atomic E-state index is 11.5. The van der Waals surface area contributed by atoms with Gasteiger partial charge in [-0.2, -0.15) is 0 Å². The van der Waals surface area contributed by atoms with Gasteiger partial charge in [-0.05, 0) is 32.7 Å². The second-order valence-electron chi connectivity index (χ2n) is 4.86. The van der Waals surface area contributed by atoms with Gasteiger partial charge in [0.15, 0.2) is 0 Å². The van der Waals surface area contributed by atoms with Crippen LogP contribution in [-0.2, 0) is 4.79 Å². The minimum Gasteiger partial charge on any atom is -0.297 e. The Labute approximate surface area is 98.5 Å². The van der Waals surface area contributed by atoms with E-state index in [0.29, 0.717) is 6.04 Å². The molecule has 16 heavy (non-hydrogen) atoms. The first-order valence-electron chi connectivity index (χ1n) is 6.38. The van der Waals surface area contributed by atoms with E-state index >= 15 is 0 Å². The summed E-state index contributed by atoms with van der Waals surface area (Å²) in [6, 6.07) is 0.983. The molecule has 0 saturated heterocycles. The summed E-state index contributed by atoms with van der Waals surface area (Å²) >= 11 is 0. The van der Waals surface area contributed by atoms with Crippen LogP contribution in [0.1, 0.15) is 46.5 Å². The number of unbranched alkanes of at least 4 members (excludes halogenated alkanes) is 1. The molecule has 0 aromatic rings. The molecule has 2 atom stereocenters. The van der Waals surface area contributed by atoms with Crippen molar-refractivity contribution in [1.82, 2.24) is 10.3 Å². The van der Waals surface area contributed by atoms with E-state index in [-0.39, 0.29) is 17.9 Å². The monoisotopic (exact) mass is 227 g/mol. The highest BCUT2D eigenvalue weighted by molar-refractivity contribution is 5.78. The van der Waals surface area contributed by atoms with Crippen LogP contribution in [0.3, 0.4) is 0 Å². The smallest absolute Gasteiger partial charge is 0.238 e. The predicted molar refractivity (Wildman–Crippen MR) is 65.6 cm³/mol. The van der Waals surface area contributed by atoms with Gasteiger partial charge >= 0.3 is 0 Å². The number of rotatable bonds is 7. The fourth-order valence-corrected chi connectivity index (χ4v) is 2.10. The molecule has 0 spiro atoms. The summed E-state index contributed by atoms with van der Waals surface area (Å²) in [5, 5.41) is 0. The normalized spacial score (nSPS) is 19.6. The molecule has 3 N–H and O–H groups in total. The standard InChI is InChI=1S/C12H25N3O/c1-4-5-8-15(11-6-7-11)10(3)9(2)12(16)14-13/h9-11H,4-8,13H2,1-3H3,(H,14,16). The van der Waals surface area contributed by atoms with Crippen molar-refractivity contribution in [1.29, 1.82) is 0 Å². The molecule has 0 bridgehead atoms. The average Bonchev–Trinajstić information content (AvgIpc) is 3.11. The van der Waals surface area contributed by atoms with Gasteiger partial charge < -0.3 is 0 Å². The van der Waals surface area contributed by atoms with Crippen molar-refractivity contribution in [3.05, 3.63) is 0 Å². The third-order valence-electron chi connectivity index (χ3n) is 3.59. The molecule has 1 fully saturated rings. The summed E-state index contributed by atoms with van der Waals surface area (Å²) in [4.78, 5) is 14.0. The average molecular weight is 227 g/mol. The molecule has 1 aliphatic rings. The van der Waals surface area contributed by atoms with Crippen molar-refractivity contribution in [2.75, 3.05) is 6.54 Å². The van der Waals surface area contributed by atoms with Gasteiger partial charge in [0.1, 0.15) is 0 Å². The first kappa shape index (κ1) is 13.5. The van der Waals surface area contributed by atoms with Gasteiger partial charge in [-0.3, -0.25) is 15.1 Å². The molecular formula is C12H25N3O. The molecule has 0 heterocycles. The Bertz CT molecular complexity index is 228. The van der Waals surface area contributed by atoms with Gasteiger partial charge in [0.05, 0.1) is 5.92 Å². The van der Waals surface area contributed by atoms with E-state index in [0.717, 1.165) is 6.54 Å². The minimum absolute atomic E-state index is 0.0394. The summed E-state index contributed by atoms with van der Waals surface area (Å²) < 4.78 is 0. The number of carbonyl (C=O) groups is 1. The van der Waals surface area contributed by atoms with Crippen molar-refractivity contribution in [2.45, 2.75) is 58.5 Å². The van der Waals surface area contributed by atoms with Crippen molar-refractivity contribution in [2.24, 2.45) is 11.8 Å². The fourth-order valence-electron chi connectivity index (χ4n) is 2.10. The largest absolute Gasteiger partial charge is 0.297 e. The minimum atomic E-state index is -0.0605. The number of hydrazine groups is 1. The van der Waals surface area contributed by atoms with Crippen LogP contribution in [0.25, 0.3) is 0 Å². The van der Waals surface area contributed by atoms with Crippen LogP contribution in [0.5, 0.6) is 0 Å². The number of nitrogens with zero attached hydrogens (tertiary/aromatic N) is 1. The Balaban J connectivity index is 2.51. The lowest BCUT2D eigenvalue weighted by molar-refractivity contribution is -0.126. The third kappa shape index (κ3) is 3.46. The van der Waals surface area contributed by atoms with Crippen molar-refractivity contribution in [3.8, 4) is 0 Å². The number of nitrogens with one attached hydrogen (secondary N) is 1. The highest BCUT2D eigenvalue weighted by Gasteiger charge is 2.35. The Morgan fingerprint density at radius 2 is 2.12 bits per heavy atom. The topological polar surface area (TPSA) is 58.4 Å². The molecule has 1 aliphatic carbocycles. The summed E-state index contributed by atoms with van der Waals surface area (Å²) in [6.07, 6.45) is 4.97. The van der Waals surface area contributed by atoms with E-state index < -0.39 is 0 Å². The summed E-state index contributed by atoms with van der Waals surface area (Å²) in [6.45, 7) is 7.39. The first-order chi connectivity index (χ1) is 7.61. The molecule has 4 nitrogen and oxygen atoms in total. The predicted octanol–water partition coefficient (Wildman–Crippen LogP) is 1.27. The Kier molecular flexibility index (Phi) is 5.22. The van der Waals surface area contributed by atoms with Gasteiger partial charge in [0.25, 0.3) is 0 Å². The lowest BCUT2D eigenvalue weighted by Gasteiger charge is -2.32. The van der Waals surface area contributed by atoms with E-state index in [2.05, 4.69) is 24.2 Å². The number of nitrogens with two attached hydrogens (primary N) is 1. The lowest BCUT2D eigenvalue weighted by atomic mass is 10.0. The number of amides is 1. The van der Waals surface area contributed by atoms with E-state index in [1.807, 2.05) is 6.92 Å². The highest BCUT2D eigenvalue weighted by Crippen LogP contribution is 2.30. The fraction of sp³-hybridized carbons (Fsp3) is 0.917. The lowest BCUT2D eigenvalue weighted by Crippen LogP contribution is -2.47. The molecule has 0 aliphatic heterocycles. The van der Waals surface area contributed by atoms with E-state index in [9.17, 15) is 4.79 Å². The van der Waals surface area contributed by atoms with Crippen molar-refractivity contribution in [3.63, 3.8) is 0 Å². The van der Waals surface area contributed by atoms with Crippen LogP contribution in [0.15, 0.2) is 0 Å². The second-order valence-corrected chi connectivity index (χ2v) is 4.86. The van der Waals surface area contributed by atoms with Crippen LogP contribution in [-0.4, -0.2) is 29.4 Å². The highest BCUT2D eigenvalue weighted by atomic mass is 16.2. The summed E-state index contributed by atoms with van der Waals surface area (Å²) in [7, 11) is 0. The molecule has 2 unspecified atom stereocenters. The van der Waals surface area contributed by atoms with Crippen molar-refractivity contribution >= 4 is 5.91 Å². The van der Waals surface area contributed by atoms with Gasteiger partial charge in [-0.1, -0.05) is 20.3 Å². The van der Waals surface area contributed by atoms with E-state index in [1.165, 1.54) is 25.7 Å². The SMILES string of the molecule is CCCCN(C1CC1)C(C)C(C)C(=O)NN. The Morgan fingerprint density at radius 1 is 1.50 bits per heavy atom. The summed E-state index contributed by atoms with van der Waals surface area (Å²) in [5.74, 6) is 5.08. The van der Waals surface area contributed by atoms with Crippen LogP contribution in [0, 0.1) is 5.92 Å². The zero-order valence-corrected chi connectivity index (χ0v) is 10.7. The van der Waals surface area contributed by atoms with E-state index in [4.69, 9.17) is 5.84 Å². The first-order valence-corrected chi connectivity index (χ1v) is 6.38. The molecular weight excluding hydrogens is 202 g/mol. The second kappa shape index (κ2) is 6.21. The van der Waals surface area contributed by atoms with Crippen LogP contribution >= 0.6 is 0 Å². The maximum atomic E-state index is 11.5. The van der Waals surface area contributed by atoms with Crippen LogP contribution < -0.4 is 11.3 Å². The molecule has 1 amide bonds. The van der Waals surface area contributed by atoms with Crippen LogP contribution in [0.4, 0.5) is 0 Å². The molecule has 1 saturated carbocycles. The van der Waals surface area contributed by atoms with Crippen LogP contribution in [0.2, 0.25) is 0 Å². The number of hydrogen-bond acceptors (Lipinski definition) is 3. The molecule has 4 heteroatoms. The quantitative estimate of drug-likeness (QED) is 0.391. The van der Waals surface area contributed by atoms with E-state index in [1.54, 1.807) is 0 Å². The number of carbonyl (C=O) groups excluding carboxylic acids is 1. The number of hydrogen-bond donors (Lipinski definition) is 2. The maximum Gasteiger partial charge on any atom is 0.238 e. The van der Waals surface area contributed by atoms with Crippen molar-refractivity contribution < 1.29 is 4.79 Å². The van der Waals surface area contributed by atoms with Gasteiger partial charge in [-0.15, -0.1) is 0 Å². The van der Waals surface area contributed by atoms with Gasteiger partial charge in [0.2, 0.25) is 5.91 Å². The van der Waals surface area contributed by atoms with Gasteiger partial charge in [0, 0.05) is 12.1 Å². The zero-order valence-electron chi connectivity index (χ0n) is 10.7. The summed E-state index contributed by atoms with van der Waals surface area (Å²) in [5.41, 5.74) is 2.25.